The van der Waals surface area contributed by atoms with Gasteiger partial charge in [-0.2, -0.15) is 0 Å². The molecule has 1 amide bonds. The average Bonchev–Trinajstić information content (AvgIpc) is 2.87. The van der Waals surface area contributed by atoms with E-state index >= 15 is 0 Å². The Morgan fingerprint density at radius 3 is 2.33 bits per heavy atom. The van der Waals surface area contributed by atoms with Gasteiger partial charge in [-0.25, -0.2) is 4.79 Å². The molecule has 2 rings (SSSR count). The number of aryl methyl sites for hydroxylation is 1. The van der Waals surface area contributed by atoms with Gasteiger partial charge in [-0.15, -0.1) is 0 Å². The van der Waals surface area contributed by atoms with Gasteiger partial charge >= 0.3 is 5.97 Å². The number of aromatic nitrogens is 1. The van der Waals surface area contributed by atoms with Crippen LogP contribution in [-0.4, -0.2) is 23.1 Å². The first-order valence-corrected chi connectivity index (χ1v) is 9.27. The molecule has 0 aliphatic rings. The Bertz CT molecular complexity index is 842. The van der Waals surface area contributed by atoms with Crippen molar-refractivity contribution < 1.29 is 14.3 Å². The highest BCUT2D eigenvalue weighted by Gasteiger charge is 2.21. The van der Waals surface area contributed by atoms with Gasteiger partial charge in [-0.05, 0) is 50.8 Å². The molecule has 0 saturated carbocycles. The average molecular weight is 370 g/mol. The molecule has 1 aromatic carbocycles. The second-order valence-corrected chi connectivity index (χ2v) is 8.17. The van der Waals surface area contributed by atoms with Crippen molar-refractivity contribution in [3.63, 3.8) is 0 Å². The van der Waals surface area contributed by atoms with Gasteiger partial charge in [0.2, 0.25) is 0 Å². The van der Waals surface area contributed by atoms with Crippen molar-refractivity contribution in [3.05, 3.63) is 52.8 Å². The number of benzene rings is 1. The molecule has 1 aromatic heterocycles. The van der Waals surface area contributed by atoms with Crippen molar-refractivity contribution in [1.29, 1.82) is 0 Å². The lowest BCUT2D eigenvalue weighted by molar-refractivity contribution is -0.119. The predicted octanol–water partition coefficient (Wildman–Crippen LogP) is 4.78. The quantitative estimate of drug-likeness (QED) is 0.771. The molecule has 1 heterocycles. The minimum atomic E-state index is -0.478. The summed E-state index contributed by atoms with van der Waals surface area (Å²) >= 11 is 0. The van der Waals surface area contributed by atoms with Crippen LogP contribution in [0, 0.1) is 13.8 Å². The Morgan fingerprint density at radius 2 is 1.78 bits per heavy atom. The van der Waals surface area contributed by atoms with Crippen LogP contribution < -0.4 is 5.32 Å². The number of nitrogens with one attached hydrogen (secondary N) is 1. The molecule has 2 aromatic rings. The largest absolute Gasteiger partial charge is 0.452 e. The first-order valence-electron chi connectivity index (χ1n) is 9.27. The fourth-order valence-corrected chi connectivity index (χ4v) is 3.42. The Morgan fingerprint density at radius 1 is 1.15 bits per heavy atom. The van der Waals surface area contributed by atoms with Crippen LogP contribution in [0.3, 0.4) is 0 Å². The zero-order chi connectivity index (χ0) is 20.4. The monoisotopic (exact) mass is 370 g/mol. The summed E-state index contributed by atoms with van der Waals surface area (Å²) in [6.07, 6.45) is 0. The molecule has 146 valence electrons. The predicted molar refractivity (Wildman–Crippen MR) is 108 cm³/mol. The second-order valence-electron chi connectivity index (χ2n) is 8.17. The summed E-state index contributed by atoms with van der Waals surface area (Å²) < 4.78 is 7.33. The topological polar surface area (TPSA) is 60.3 Å². The van der Waals surface area contributed by atoms with Crippen molar-refractivity contribution in [2.75, 3.05) is 11.9 Å². The van der Waals surface area contributed by atoms with E-state index in [0.29, 0.717) is 5.56 Å². The lowest BCUT2D eigenvalue weighted by atomic mass is 9.86. The highest BCUT2D eigenvalue weighted by Crippen LogP contribution is 2.29. The summed E-state index contributed by atoms with van der Waals surface area (Å²) in [5, 5.41) is 2.85. The number of carbonyl (C=O) groups is 2. The van der Waals surface area contributed by atoms with Crippen molar-refractivity contribution in [1.82, 2.24) is 4.57 Å². The van der Waals surface area contributed by atoms with Crippen LogP contribution in [0.1, 0.15) is 68.0 Å². The van der Waals surface area contributed by atoms with Crippen LogP contribution in [0.4, 0.5) is 5.69 Å². The molecule has 0 spiro atoms. The van der Waals surface area contributed by atoms with E-state index in [4.69, 9.17) is 4.74 Å². The lowest BCUT2D eigenvalue weighted by Gasteiger charge is -2.22. The van der Waals surface area contributed by atoms with Crippen molar-refractivity contribution >= 4 is 17.6 Å². The maximum Gasteiger partial charge on any atom is 0.340 e. The fourth-order valence-electron chi connectivity index (χ4n) is 3.42. The zero-order valence-electron chi connectivity index (χ0n) is 17.3. The minimum Gasteiger partial charge on any atom is -0.452 e. The smallest absolute Gasteiger partial charge is 0.340 e. The Labute approximate surface area is 161 Å². The van der Waals surface area contributed by atoms with Crippen LogP contribution in [0.25, 0.3) is 0 Å². The van der Waals surface area contributed by atoms with E-state index < -0.39 is 5.97 Å². The third-order valence-electron chi connectivity index (χ3n) is 4.56. The third kappa shape index (κ3) is 4.79. The van der Waals surface area contributed by atoms with E-state index in [1.165, 1.54) is 0 Å². The number of esters is 1. The Kier molecular flexibility index (Phi) is 6.14. The lowest BCUT2D eigenvalue weighted by Crippen LogP contribution is -2.23. The normalized spacial score (nSPS) is 11.6. The summed E-state index contributed by atoms with van der Waals surface area (Å²) in [5.74, 6) is -0.827. The van der Waals surface area contributed by atoms with E-state index in [-0.39, 0.29) is 24.0 Å². The number of ether oxygens (including phenoxy) is 1. The summed E-state index contributed by atoms with van der Waals surface area (Å²) in [6.45, 7) is 13.9. The maximum atomic E-state index is 12.4. The molecule has 0 fully saturated rings. The first kappa shape index (κ1) is 20.7. The van der Waals surface area contributed by atoms with Crippen LogP contribution >= 0.6 is 0 Å². The number of rotatable bonds is 5. The molecule has 1 N–H and O–H groups in total. The van der Waals surface area contributed by atoms with Gasteiger partial charge in [0.25, 0.3) is 5.91 Å². The number of anilines is 1. The molecule has 0 unspecified atom stereocenters. The van der Waals surface area contributed by atoms with Crippen LogP contribution in [0.5, 0.6) is 0 Å². The van der Waals surface area contributed by atoms with Crippen molar-refractivity contribution in [2.24, 2.45) is 0 Å². The summed E-state index contributed by atoms with van der Waals surface area (Å²) in [5.41, 5.74) is 4.02. The summed E-state index contributed by atoms with van der Waals surface area (Å²) in [7, 11) is 0. The number of carbonyl (C=O) groups excluding carboxylic acids is 2. The molecule has 0 bridgehead atoms. The molecule has 5 heteroatoms. The molecule has 5 nitrogen and oxygen atoms in total. The third-order valence-corrected chi connectivity index (χ3v) is 4.56. The van der Waals surface area contributed by atoms with Gasteiger partial charge in [0, 0.05) is 23.1 Å². The Hall–Kier alpha value is -2.56. The minimum absolute atomic E-state index is 0.102. The van der Waals surface area contributed by atoms with E-state index in [9.17, 15) is 9.59 Å². The number of hydrogen-bond donors (Lipinski definition) is 1. The van der Waals surface area contributed by atoms with E-state index in [1.54, 1.807) is 0 Å². The Balaban J connectivity index is 2.05. The summed E-state index contributed by atoms with van der Waals surface area (Å²) in [6, 6.07) is 9.73. The zero-order valence-corrected chi connectivity index (χ0v) is 17.3. The van der Waals surface area contributed by atoms with E-state index in [0.717, 1.165) is 22.6 Å². The molecular weight excluding hydrogens is 340 g/mol. The first-order chi connectivity index (χ1) is 12.5. The van der Waals surface area contributed by atoms with Gasteiger partial charge in [-0.3, -0.25) is 4.79 Å². The molecule has 0 aliphatic heterocycles. The van der Waals surface area contributed by atoms with Crippen LogP contribution in [0.2, 0.25) is 0 Å². The van der Waals surface area contributed by atoms with Gasteiger partial charge in [0.15, 0.2) is 6.61 Å². The van der Waals surface area contributed by atoms with Gasteiger partial charge in [0.1, 0.15) is 0 Å². The highest BCUT2D eigenvalue weighted by atomic mass is 16.5. The standard InChI is InChI=1S/C22H30N2O3/c1-14(2)24-15(3)12-17(16(24)4)21(26)27-13-20(25)23-19-11-9-8-10-18(19)22(5,6)7/h8-12,14H,13H2,1-7H3,(H,23,25). The van der Waals surface area contributed by atoms with Crippen LogP contribution in [0.15, 0.2) is 30.3 Å². The van der Waals surface area contributed by atoms with Crippen molar-refractivity contribution in [2.45, 2.75) is 59.9 Å². The molecule has 0 radical (unpaired) electrons. The van der Waals surface area contributed by atoms with E-state index in [2.05, 4.69) is 44.5 Å². The molecule has 0 saturated heterocycles. The van der Waals surface area contributed by atoms with Gasteiger partial charge < -0.3 is 14.6 Å². The SMILES string of the molecule is Cc1cc(C(=O)OCC(=O)Nc2ccccc2C(C)(C)C)c(C)n1C(C)C. The van der Waals surface area contributed by atoms with E-state index in [1.807, 2.05) is 44.2 Å². The summed E-state index contributed by atoms with van der Waals surface area (Å²) in [4.78, 5) is 24.7. The number of hydrogen-bond acceptors (Lipinski definition) is 3. The molecule has 0 atom stereocenters. The molecular formula is C22H30N2O3. The highest BCUT2D eigenvalue weighted by molar-refractivity contribution is 5.96. The number of para-hydroxylation sites is 1. The van der Waals surface area contributed by atoms with Crippen molar-refractivity contribution in [3.8, 4) is 0 Å². The number of nitrogens with zero attached hydrogens (tertiary/aromatic N) is 1. The molecule has 0 aliphatic carbocycles. The van der Waals surface area contributed by atoms with Gasteiger partial charge in [0.05, 0.1) is 5.56 Å². The second kappa shape index (κ2) is 7.99. The molecule has 27 heavy (non-hydrogen) atoms. The fraction of sp³-hybridized carbons (Fsp3) is 0.455. The van der Waals surface area contributed by atoms with Crippen LogP contribution in [-0.2, 0) is 14.9 Å². The maximum absolute atomic E-state index is 12.4. The number of amides is 1. The van der Waals surface area contributed by atoms with Gasteiger partial charge in [-0.1, -0.05) is 39.0 Å².